The third-order valence-corrected chi connectivity index (χ3v) is 2.19. The Balaban J connectivity index is 3.50. The van der Waals surface area contributed by atoms with Crippen LogP contribution in [0.4, 0.5) is 8.78 Å². The molecule has 0 aromatic heterocycles. The Morgan fingerprint density at radius 1 is 1.31 bits per heavy atom. The van der Waals surface area contributed by atoms with E-state index in [1.165, 1.54) is 13.8 Å². The van der Waals surface area contributed by atoms with Gasteiger partial charge in [-0.3, -0.25) is 4.79 Å². The molecule has 0 amide bonds. The number of rotatable bonds is 1. The van der Waals surface area contributed by atoms with E-state index in [-0.39, 0.29) is 11.1 Å². The topological polar surface area (TPSA) is 17.1 Å². The van der Waals surface area contributed by atoms with Crippen LogP contribution in [0.1, 0.15) is 21.5 Å². The van der Waals surface area contributed by atoms with Gasteiger partial charge in [-0.05, 0) is 42.6 Å². The summed E-state index contributed by atoms with van der Waals surface area (Å²) in [6, 6.07) is 0.812. The van der Waals surface area contributed by atoms with Crippen LogP contribution in [0, 0.1) is 25.5 Å². The van der Waals surface area contributed by atoms with Gasteiger partial charge in [-0.2, -0.15) is 0 Å². The van der Waals surface area contributed by atoms with Crippen molar-refractivity contribution >= 4 is 16.8 Å². The summed E-state index contributed by atoms with van der Waals surface area (Å²) in [5.41, 5.74) is 0.501. The largest absolute Gasteiger partial charge is 0.276 e. The average Bonchev–Trinajstić information content (AvgIpc) is 2.07. The number of halogens is 3. The molecule has 13 heavy (non-hydrogen) atoms. The Morgan fingerprint density at radius 3 is 2.31 bits per heavy atom. The highest BCUT2D eigenvalue weighted by atomic mass is 35.5. The highest BCUT2D eigenvalue weighted by molar-refractivity contribution is 6.67. The molecule has 0 aliphatic carbocycles. The predicted molar refractivity (Wildman–Crippen MR) is 46.0 cm³/mol. The molecule has 1 aromatic carbocycles. The van der Waals surface area contributed by atoms with Crippen LogP contribution < -0.4 is 0 Å². The number of hydrogen-bond donors (Lipinski definition) is 0. The second-order valence-corrected chi connectivity index (χ2v) is 3.09. The van der Waals surface area contributed by atoms with E-state index in [1.54, 1.807) is 0 Å². The van der Waals surface area contributed by atoms with Gasteiger partial charge in [-0.25, -0.2) is 8.78 Å². The van der Waals surface area contributed by atoms with Gasteiger partial charge in [-0.15, -0.1) is 0 Å². The Bertz CT molecular complexity index is 374. The Hall–Kier alpha value is -0.960. The van der Waals surface area contributed by atoms with Crippen LogP contribution in [-0.4, -0.2) is 5.24 Å². The summed E-state index contributed by atoms with van der Waals surface area (Å²) in [6.45, 7) is 2.92. The first-order valence-electron chi connectivity index (χ1n) is 3.60. The standard InChI is InChI=1S/C9H7ClF2O/c1-4-5(2)8(12)7(11)3-6(4)9(10)13/h3H,1-2H3. The van der Waals surface area contributed by atoms with Gasteiger partial charge in [0.05, 0.1) is 0 Å². The van der Waals surface area contributed by atoms with Crippen LogP contribution in [0.2, 0.25) is 0 Å². The molecule has 1 aromatic rings. The third kappa shape index (κ3) is 1.70. The predicted octanol–water partition coefficient (Wildman–Crippen LogP) is 2.96. The monoisotopic (exact) mass is 204 g/mol. The average molecular weight is 205 g/mol. The van der Waals surface area contributed by atoms with Crippen molar-refractivity contribution in [2.75, 3.05) is 0 Å². The highest BCUT2D eigenvalue weighted by Gasteiger charge is 2.15. The van der Waals surface area contributed by atoms with Gasteiger partial charge in [0.2, 0.25) is 0 Å². The van der Waals surface area contributed by atoms with Crippen molar-refractivity contribution in [2.24, 2.45) is 0 Å². The zero-order chi connectivity index (χ0) is 10.2. The Labute approximate surface area is 79.3 Å². The molecule has 1 rings (SSSR count). The van der Waals surface area contributed by atoms with E-state index in [9.17, 15) is 13.6 Å². The van der Waals surface area contributed by atoms with Crippen molar-refractivity contribution in [3.05, 3.63) is 34.4 Å². The van der Waals surface area contributed by atoms with E-state index in [2.05, 4.69) is 0 Å². The van der Waals surface area contributed by atoms with Gasteiger partial charge in [0, 0.05) is 5.56 Å². The van der Waals surface area contributed by atoms with Crippen molar-refractivity contribution in [1.82, 2.24) is 0 Å². The first-order valence-corrected chi connectivity index (χ1v) is 3.98. The normalized spacial score (nSPS) is 10.2. The van der Waals surface area contributed by atoms with Gasteiger partial charge >= 0.3 is 0 Å². The summed E-state index contributed by atoms with van der Waals surface area (Å²) in [5.74, 6) is -1.98. The quantitative estimate of drug-likeness (QED) is 0.643. The van der Waals surface area contributed by atoms with Crippen LogP contribution in [-0.2, 0) is 0 Å². The molecule has 70 valence electrons. The molecule has 0 heterocycles. The maximum Gasteiger partial charge on any atom is 0.252 e. The molecular weight excluding hydrogens is 198 g/mol. The molecule has 0 aliphatic heterocycles. The van der Waals surface area contributed by atoms with Crippen LogP contribution in [0.3, 0.4) is 0 Å². The summed E-state index contributed by atoms with van der Waals surface area (Å²) >= 11 is 5.18. The van der Waals surface area contributed by atoms with E-state index in [0.29, 0.717) is 5.56 Å². The fraction of sp³-hybridized carbons (Fsp3) is 0.222. The molecule has 0 unspecified atom stereocenters. The number of hydrogen-bond acceptors (Lipinski definition) is 1. The fourth-order valence-corrected chi connectivity index (χ4v) is 1.24. The van der Waals surface area contributed by atoms with Crippen LogP contribution >= 0.6 is 11.6 Å². The summed E-state index contributed by atoms with van der Waals surface area (Å²) in [6.07, 6.45) is 0. The molecule has 0 bridgehead atoms. The minimum atomic E-state index is -1.05. The van der Waals surface area contributed by atoms with Crippen molar-refractivity contribution in [1.29, 1.82) is 0 Å². The molecule has 0 aliphatic rings. The van der Waals surface area contributed by atoms with E-state index in [1.807, 2.05) is 0 Å². The summed E-state index contributed by atoms with van der Waals surface area (Å²) < 4.78 is 25.7. The van der Waals surface area contributed by atoms with Gasteiger partial charge in [0.1, 0.15) is 0 Å². The van der Waals surface area contributed by atoms with Crippen LogP contribution in [0.5, 0.6) is 0 Å². The van der Waals surface area contributed by atoms with Crippen molar-refractivity contribution in [3.63, 3.8) is 0 Å². The second-order valence-electron chi connectivity index (χ2n) is 2.74. The lowest BCUT2D eigenvalue weighted by atomic mass is 10.0. The van der Waals surface area contributed by atoms with Gasteiger partial charge in [-0.1, -0.05) is 0 Å². The summed E-state index contributed by atoms with van der Waals surface area (Å²) in [7, 11) is 0. The Kier molecular flexibility index (Phi) is 2.66. The molecule has 0 atom stereocenters. The van der Waals surface area contributed by atoms with Crippen molar-refractivity contribution in [2.45, 2.75) is 13.8 Å². The lowest BCUT2D eigenvalue weighted by Gasteiger charge is -2.06. The zero-order valence-electron chi connectivity index (χ0n) is 7.12. The second kappa shape index (κ2) is 3.42. The van der Waals surface area contributed by atoms with E-state index in [0.717, 1.165) is 6.07 Å². The molecule has 0 fully saturated rings. The maximum absolute atomic E-state index is 12.9. The first-order chi connectivity index (χ1) is 5.95. The zero-order valence-corrected chi connectivity index (χ0v) is 7.88. The van der Waals surface area contributed by atoms with Crippen molar-refractivity contribution in [3.8, 4) is 0 Å². The maximum atomic E-state index is 12.9. The third-order valence-electron chi connectivity index (χ3n) is 1.99. The minimum absolute atomic E-state index is 0.0121. The fourth-order valence-electron chi connectivity index (χ4n) is 1.05. The first kappa shape index (κ1) is 10.1. The van der Waals surface area contributed by atoms with Gasteiger partial charge in [0.15, 0.2) is 11.6 Å². The smallest absolute Gasteiger partial charge is 0.252 e. The van der Waals surface area contributed by atoms with Gasteiger partial charge in [0.25, 0.3) is 5.24 Å². The van der Waals surface area contributed by atoms with E-state index < -0.39 is 16.9 Å². The number of carbonyl (C=O) groups is 1. The number of benzene rings is 1. The Morgan fingerprint density at radius 2 is 1.85 bits per heavy atom. The summed E-state index contributed by atoms with van der Waals surface area (Å²) in [4.78, 5) is 10.8. The molecule has 0 N–H and O–H groups in total. The molecule has 1 nitrogen and oxygen atoms in total. The molecule has 0 saturated heterocycles. The molecular formula is C9H7ClF2O. The highest BCUT2D eigenvalue weighted by Crippen LogP contribution is 2.21. The lowest BCUT2D eigenvalue weighted by Crippen LogP contribution is -2.01. The SMILES string of the molecule is Cc1c(C(=O)Cl)cc(F)c(F)c1C. The van der Waals surface area contributed by atoms with E-state index >= 15 is 0 Å². The van der Waals surface area contributed by atoms with Crippen molar-refractivity contribution < 1.29 is 13.6 Å². The molecule has 0 saturated carbocycles. The minimum Gasteiger partial charge on any atom is -0.276 e. The van der Waals surface area contributed by atoms with Gasteiger partial charge < -0.3 is 0 Å². The van der Waals surface area contributed by atoms with Crippen LogP contribution in [0.25, 0.3) is 0 Å². The summed E-state index contributed by atoms with van der Waals surface area (Å²) in [5, 5.41) is -0.778. The lowest BCUT2D eigenvalue weighted by molar-refractivity contribution is 0.108. The van der Waals surface area contributed by atoms with Crippen LogP contribution in [0.15, 0.2) is 6.07 Å². The molecule has 0 spiro atoms. The molecule has 4 heteroatoms. The number of carbonyl (C=O) groups excluding carboxylic acids is 1. The van der Waals surface area contributed by atoms with E-state index in [4.69, 9.17) is 11.6 Å². The molecule has 0 radical (unpaired) electrons.